The molecule has 0 saturated heterocycles. The first-order valence-corrected chi connectivity index (χ1v) is 6.94. The second kappa shape index (κ2) is 5.57. The summed E-state index contributed by atoms with van der Waals surface area (Å²) in [6.45, 7) is 0. The molecule has 0 bridgehead atoms. The van der Waals surface area contributed by atoms with Gasteiger partial charge in [-0.15, -0.1) is 0 Å². The first-order valence-electron chi connectivity index (χ1n) is 6.15. The fraction of sp³-hybridized carbons (Fsp3) is 0.0667. The van der Waals surface area contributed by atoms with Gasteiger partial charge in [-0.1, -0.05) is 39.3 Å². The number of phenolic OH excluding ortho intramolecular Hbond substituents is 1. The third-order valence-electron chi connectivity index (χ3n) is 2.96. The lowest BCUT2D eigenvalue weighted by molar-refractivity contribution is 0.371. The van der Waals surface area contributed by atoms with E-state index in [0.717, 1.165) is 10.0 Å². The molecule has 0 saturated carbocycles. The largest absolute Gasteiger partial charge is 0.504 e. The average molecular weight is 347 g/mol. The van der Waals surface area contributed by atoms with Gasteiger partial charge in [0, 0.05) is 10.0 Å². The van der Waals surface area contributed by atoms with Crippen LogP contribution in [0.4, 0.5) is 0 Å². The van der Waals surface area contributed by atoms with Crippen molar-refractivity contribution in [1.29, 1.82) is 0 Å². The number of benzene rings is 2. The predicted molar refractivity (Wildman–Crippen MR) is 81.1 cm³/mol. The molecule has 0 aliphatic heterocycles. The maximum atomic E-state index is 10.1. The Hall–Kier alpha value is -2.34. The van der Waals surface area contributed by atoms with Gasteiger partial charge < -0.3 is 14.4 Å². The van der Waals surface area contributed by atoms with E-state index in [1.54, 1.807) is 18.2 Å². The van der Waals surface area contributed by atoms with E-state index in [-0.39, 0.29) is 11.6 Å². The minimum absolute atomic E-state index is 0.0237. The molecule has 3 aromatic rings. The number of nitrogens with zero attached hydrogens (tertiary/aromatic N) is 2. The van der Waals surface area contributed by atoms with Crippen molar-refractivity contribution in [2.45, 2.75) is 0 Å². The second-order valence-corrected chi connectivity index (χ2v) is 5.21. The van der Waals surface area contributed by atoms with E-state index in [9.17, 15) is 5.11 Å². The molecule has 0 radical (unpaired) electrons. The zero-order chi connectivity index (χ0) is 14.8. The summed E-state index contributed by atoms with van der Waals surface area (Å²) in [5, 5.41) is 14.0. The molecule has 0 aliphatic rings. The van der Waals surface area contributed by atoms with Crippen LogP contribution in [0.5, 0.6) is 11.5 Å². The van der Waals surface area contributed by atoms with E-state index in [4.69, 9.17) is 9.26 Å². The van der Waals surface area contributed by atoms with Gasteiger partial charge in [0.15, 0.2) is 11.5 Å². The molecule has 0 fully saturated rings. The van der Waals surface area contributed by atoms with Crippen LogP contribution >= 0.6 is 15.9 Å². The number of hydrogen-bond acceptors (Lipinski definition) is 5. The van der Waals surface area contributed by atoms with Gasteiger partial charge in [0.2, 0.25) is 5.82 Å². The maximum Gasteiger partial charge on any atom is 0.262 e. The van der Waals surface area contributed by atoms with Gasteiger partial charge >= 0.3 is 0 Å². The molecule has 6 heteroatoms. The SMILES string of the molecule is COc1cccc(-c2nc(-c3cccc(Br)c3)no2)c1O. The highest BCUT2D eigenvalue weighted by Gasteiger charge is 2.16. The second-order valence-electron chi connectivity index (χ2n) is 4.29. The Labute approximate surface area is 129 Å². The Balaban J connectivity index is 2.03. The number of halogens is 1. The van der Waals surface area contributed by atoms with Crippen LogP contribution in [0, 0.1) is 0 Å². The highest BCUT2D eigenvalue weighted by Crippen LogP contribution is 2.36. The van der Waals surface area contributed by atoms with Crippen LogP contribution in [-0.2, 0) is 0 Å². The van der Waals surface area contributed by atoms with E-state index in [1.807, 2.05) is 24.3 Å². The molecule has 1 N–H and O–H groups in total. The van der Waals surface area contributed by atoms with Crippen molar-refractivity contribution in [3.63, 3.8) is 0 Å². The molecule has 1 aromatic heterocycles. The Morgan fingerprint density at radius 1 is 1.19 bits per heavy atom. The minimum Gasteiger partial charge on any atom is -0.504 e. The van der Waals surface area contributed by atoms with Crippen molar-refractivity contribution in [3.8, 4) is 34.3 Å². The number of methoxy groups -OCH3 is 1. The number of aromatic nitrogens is 2. The number of ether oxygens (including phenoxy) is 1. The molecule has 3 rings (SSSR count). The summed E-state index contributed by atoms with van der Waals surface area (Å²) in [6, 6.07) is 12.7. The van der Waals surface area contributed by atoms with Crippen LogP contribution in [0.15, 0.2) is 51.5 Å². The zero-order valence-corrected chi connectivity index (χ0v) is 12.7. The molecular weight excluding hydrogens is 336 g/mol. The molecule has 106 valence electrons. The first-order chi connectivity index (χ1) is 10.2. The third-order valence-corrected chi connectivity index (χ3v) is 3.45. The Kier molecular flexibility index (Phi) is 3.62. The van der Waals surface area contributed by atoms with Crippen LogP contribution < -0.4 is 4.74 Å². The van der Waals surface area contributed by atoms with Gasteiger partial charge in [0.25, 0.3) is 5.89 Å². The van der Waals surface area contributed by atoms with E-state index in [1.165, 1.54) is 7.11 Å². The summed E-state index contributed by atoms with van der Waals surface area (Å²) in [5.41, 5.74) is 1.25. The lowest BCUT2D eigenvalue weighted by atomic mass is 10.2. The Morgan fingerprint density at radius 2 is 2.00 bits per heavy atom. The summed E-state index contributed by atoms with van der Waals surface area (Å²) < 4.78 is 11.2. The maximum absolute atomic E-state index is 10.1. The molecule has 0 spiro atoms. The Morgan fingerprint density at radius 3 is 2.76 bits per heavy atom. The summed E-state index contributed by atoms with van der Waals surface area (Å²) >= 11 is 3.40. The van der Waals surface area contributed by atoms with Gasteiger partial charge in [0.05, 0.1) is 12.7 Å². The normalized spacial score (nSPS) is 10.6. The molecule has 0 atom stereocenters. The molecule has 5 nitrogen and oxygen atoms in total. The summed E-state index contributed by atoms with van der Waals surface area (Å²) in [5.74, 6) is 1.02. The Bertz CT molecular complexity index is 786. The molecule has 0 unspecified atom stereocenters. The van der Waals surface area contributed by atoms with E-state index < -0.39 is 0 Å². The monoisotopic (exact) mass is 346 g/mol. The van der Waals surface area contributed by atoms with Crippen LogP contribution in [0.25, 0.3) is 22.8 Å². The summed E-state index contributed by atoms with van der Waals surface area (Å²) in [7, 11) is 1.49. The molecule has 2 aromatic carbocycles. The molecule has 21 heavy (non-hydrogen) atoms. The van der Waals surface area contributed by atoms with Crippen molar-refractivity contribution in [2.75, 3.05) is 7.11 Å². The van der Waals surface area contributed by atoms with Crippen molar-refractivity contribution in [2.24, 2.45) is 0 Å². The minimum atomic E-state index is -0.0237. The van der Waals surface area contributed by atoms with Crippen molar-refractivity contribution >= 4 is 15.9 Å². The quantitative estimate of drug-likeness (QED) is 0.779. The number of phenols is 1. The van der Waals surface area contributed by atoms with E-state index >= 15 is 0 Å². The van der Waals surface area contributed by atoms with Gasteiger partial charge in [0.1, 0.15) is 0 Å². The molecule has 0 aliphatic carbocycles. The van der Waals surface area contributed by atoms with Crippen molar-refractivity contribution in [3.05, 3.63) is 46.9 Å². The first kappa shape index (κ1) is 13.6. The van der Waals surface area contributed by atoms with Crippen LogP contribution in [0.2, 0.25) is 0 Å². The van der Waals surface area contributed by atoms with Gasteiger partial charge in [-0.25, -0.2) is 0 Å². The highest BCUT2D eigenvalue weighted by atomic mass is 79.9. The van der Waals surface area contributed by atoms with E-state index in [0.29, 0.717) is 17.1 Å². The third kappa shape index (κ3) is 2.62. The fourth-order valence-electron chi connectivity index (χ4n) is 1.94. The summed E-state index contributed by atoms with van der Waals surface area (Å²) in [4.78, 5) is 4.31. The van der Waals surface area contributed by atoms with E-state index in [2.05, 4.69) is 26.1 Å². The predicted octanol–water partition coefficient (Wildman–Crippen LogP) is 3.88. The number of hydrogen-bond donors (Lipinski definition) is 1. The average Bonchev–Trinajstić information content (AvgIpc) is 2.97. The number of rotatable bonds is 3. The van der Waals surface area contributed by atoms with Crippen molar-refractivity contribution < 1.29 is 14.4 Å². The smallest absolute Gasteiger partial charge is 0.262 e. The lowest BCUT2D eigenvalue weighted by Crippen LogP contribution is -1.86. The van der Waals surface area contributed by atoms with Gasteiger partial charge in [-0.3, -0.25) is 0 Å². The number of aromatic hydroxyl groups is 1. The summed E-state index contributed by atoms with van der Waals surface area (Å²) in [6.07, 6.45) is 0. The molecular formula is C15H11BrN2O3. The molecule has 1 heterocycles. The van der Waals surface area contributed by atoms with Gasteiger partial charge in [-0.2, -0.15) is 4.98 Å². The fourth-order valence-corrected chi connectivity index (χ4v) is 2.34. The standard InChI is InChI=1S/C15H11BrN2O3/c1-20-12-7-3-6-11(13(12)19)15-17-14(18-21-15)9-4-2-5-10(16)8-9/h2-8,19H,1H3. The lowest BCUT2D eigenvalue weighted by Gasteiger charge is -2.04. The van der Waals surface area contributed by atoms with Crippen molar-refractivity contribution in [1.82, 2.24) is 10.1 Å². The number of para-hydroxylation sites is 1. The van der Waals surface area contributed by atoms with Crippen LogP contribution in [0.3, 0.4) is 0 Å². The van der Waals surface area contributed by atoms with Crippen LogP contribution in [-0.4, -0.2) is 22.4 Å². The van der Waals surface area contributed by atoms with Gasteiger partial charge in [-0.05, 0) is 24.3 Å². The molecule has 0 amide bonds. The highest BCUT2D eigenvalue weighted by molar-refractivity contribution is 9.10. The topological polar surface area (TPSA) is 68.4 Å². The zero-order valence-electron chi connectivity index (χ0n) is 11.1. The van der Waals surface area contributed by atoms with Crippen LogP contribution in [0.1, 0.15) is 0 Å².